The predicted molar refractivity (Wildman–Crippen MR) is 79.1 cm³/mol. The van der Waals surface area contributed by atoms with Gasteiger partial charge >= 0.3 is 5.69 Å². The van der Waals surface area contributed by atoms with Gasteiger partial charge in [-0.15, -0.1) is 0 Å². The summed E-state index contributed by atoms with van der Waals surface area (Å²) in [6.45, 7) is 3.20. The van der Waals surface area contributed by atoms with E-state index in [2.05, 4.69) is 10.6 Å². The van der Waals surface area contributed by atoms with E-state index in [4.69, 9.17) is 0 Å². The maximum Gasteiger partial charge on any atom is 0.315 e. The van der Waals surface area contributed by atoms with E-state index < -0.39 is 0 Å². The summed E-state index contributed by atoms with van der Waals surface area (Å²) in [5, 5.41) is 26.9. The normalized spacial score (nSPS) is 21.7. The zero-order chi connectivity index (χ0) is 14.5. The molecule has 1 aromatic rings. The third-order valence-corrected chi connectivity index (χ3v) is 3.68. The van der Waals surface area contributed by atoms with Crippen LogP contribution in [0.15, 0.2) is 18.2 Å². The molecule has 0 heterocycles. The molecule has 2 unspecified atom stereocenters. The highest BCUT2D eigenvalue weighted by Gasteiger charge is 2.24. The number of nitro groups is 1. The Bertz CT molecular complexity index is 479. The summed E-state index contributed by atoms with van der Waals surface area (Å²) in [6, 6.07) is 5.24. The lowest BCUT2D eigenvalue weighted by molar-refractivity contribution is -0.383. The van der Waals surface area contributed by atoms with E-state index in [9.17, 15) is 15.2 Å². The zero-order valence-electron chi connectivity index (χ0n) is 11.6. The van der Waals surface area contributed by atoms with Crippen molar-refractivity contribution in [1.29, 1.82) is 0 Å². The van der Waals surface area contributed by atoms with Gasteiger partial charge in [-0.2, -0.15) is 0 Å². The summed E-state index contributed by atoms with van der Waals surface area (Å²) in [7, 11) is 0. The first-order valence-electron chi connectivity index (χ1n) is 7.05. The standard InChI is InChI=1S/C14H21N3O3/c1-2-15-12-4-3-5-13(14(12)17(19)20)16-9-10-6-7-11(18)8-10/h3-5,10-11,15-16,18H,2,6-9H2,1H3. The van der Waals surface area contributed by atoms with Crippen LogP contribution in [0.3, 0.4) is 0 Å². The lowest BCUT2D eigenvalue weighted by atomic mass is 10.1. The number of hydrogen-bond acceptors (Lipinski definition) is 5. The van der Waals surface area contributed by atoms with Gasteiger partial charge in [-0.1, -0.05) is 6.07 Å². The highest BCUT2D eigenvalue weighted by Crippen LogP contribution is 2.34. The highest BCUT2D eigenvalue weighted by molar-refractivity contribution is 5.76. The first kappa shape index (κ1) is 14.6. The minimum atomic E-state index is -0.357. The SMILES string of the molecule is CCNc1cccc(NCC2CCC(O)C2)c1[N+](=O)[O-]. The van der Waals surface area contributed by atoms with Crippen molar-refractivity contribution in [2.75, 3.05) is 23.7 Å². The Labute approximate surface area is 118 Å². The van der Waals surface area contributed by atoms with Crippen LogP contribution < -0.4 is 10.6 Å². The minimum absolute atomic E-state index is 0.0906. The molecule has 2 rings (SSSR count). The molecule has 0 bridgehead atoms. The molecule has 110 valence electrons. The molecule has 0 aliphatic heterocycles. The molecular weight excluding hydrogens is 258 g/mol. The molecule has 1 aliphatic rings. The lowest BCUT2D eigenvalue weighted by Crippen LogP contribution is -2.14. The van der Waals surface area contributed by atoms with Gasteiger partial charge < -0.3 is 15.7 Å². The summed E-state index contributed by atoms with van der Waals surface area (Å²) in [5.74, 6) is 0.382. The molecule has 6 heteroatoms. The quantitative estimate of drug-likeness (QED) is 0.550. The molecule has 20 heavy (non-hydrogen) atoms. The van der Waals surface area contributed by atoms with Crippen LogP contribution in [0.4, 0.5) is 17.1 Å². The van der Waals surface area contributed by atoms with Crippen molar-refractivity contribution >= 4 is 17.1 Å². The summed E-state index contributed by atoms with van der Waals surface area (Å²) in [4.78, 5) is 10.9. The predicted octanol–water partition coefficient (Wildman–Crippen LogP) is 2.60. The van der Waals surface area contributed by atoms with Gasteiger partial charge in [0.25, 0.3) is 0 Å². The van der Waals surface area contributed by atoms with Crippen molar-refractivity contribution in [3.8, 4) is 0 Å². The Morgan fingerprint density at radius 1 is 1.35 bits per heavy atom. The molecule has 2 atom stereocenters. The Morgan fingerprint density at radius 2 is 2.05 bits per heavy atom. The molecule has 0 aromatic heterocycles. The Kier molecular flexibility index (Phi) is 4.79. The average molecular weight is 279 g/mol. The van der Waals surface area contributed by atoms with Crippen LogP contribution in [0.5, 0.6) is 0 Å². The Morgan fingerprint density at radius 3 is 2.60 bits per heavy atom. The first-order valence-corrected chi connectivity index (χ1v) is 7.05. The molecule has 1 saturated carbocycles. The lowest BCUT2D eigenvalue weighted by Gasteiger charge is -2.14. The van der Waals surface area contributed by atoms with E-state index in [1.165, 1.54) is 0 Å². The van der Waals surface area contributed by atoms with Gasteiger partial charge in [0.2, 0.25) is 0 Å². The van der Waals surface area contributed by atoms with Gasteiger partial charge in [-0.3, -0.25) is 10.1 Å². The minimum Gasteiger partial charge on any atom is -0.393 e. The molecule has 3 N–H and O–H groups in total. The van der Waals surface area contributed by atoms with Crippen LogP contribution >= 0.6 is 0 Å². The monoisotopic (exact) mass is 279 g/mol. The maximum atomic E-state index is 11.3. The second kappa shape index (κ2) is 6.56. The van der Waals surface area contributed by atoms with Crippen LogP contribution in [-0.4, -0.2) is 29.2 Å². The Balaban J connectivity index is 2.10. The van der Waals surface area contributed by atoms with Gasteiger partial charge in [0, 0.05) is 13.1 Å². The molecule has 0 spiro atoms. The second-order valence-electron chi connectivity index (χ2n) is 5.20. The van der Waals surface area contributed by atoms with Crippen molar-refractivity contribution in [2.45, 2.75) is 32.3 Å². The van der Waals surface area contributed by atoms with Crippen LogP contribution in [0.1, 0.15) is 26.2 Å². The number of hydrogen-bond donors (Lipinski definition) is 3. The fraction of sp³-hybridized carbons (Fsp3) is 0.571. The molecule has 6 nitrogen and oxygen atoms in total. The fourth-order valence-corrected chi connectivity index (χ4v) is 2.70. The number of para-hydroxylation sites is 1. The third-order valence-electron chi connectivity index (χ3n) is 3.68. The van der Waals surface area contributed by atoms with E-state index in [0.717, 1.165) is 19.3 Å². The van der Waals surface area contributed by atoms with E-state index >= 15 is 0 Å². The zero-order valence-corrected chi connectivity index (χ0v) is 11.6. The second-order valence-corrected chi connectivity index (χ2v) is 5.20. The number of rotatable bonds is 6. The molecule has 1 aromatic carbocycles. The van der Waals surface area contributed by atoms with E-state index in [0.29, 0.717) is 30.4 Å². The summed E-state index contributed by atoms with van der Waals surface area (Å²) >= 11 is 0. The number of nitrogens with zero attached hydrogens (tertiary/aromatic N) is 1. The molecule has 0 amide bonds. The van der Waals surface area contributed by atoms with Gasteiger partial charge in [0.1, 0.15) is 11.4 Å². The van der Waals surface area contributed by atoms with Crippen molar-refractivity contribution in [3.63, 3.8) is 0 Å². The summed E-state index contributed by atoms with van der Waals surface area (Å²) in [5.41, 5.74) is 1.16. The van der Waals surface area contributed by atoms with Gasteiger partial charge in [-0.25, -0.2) is 0 Å². The topological polar surface area (TPSA) is 87.4 Å². The smallest absolute Gasteiger partial charge is 0.315 e. The number of aliphatic hydroxyl groups excluding tert-OH is 1. The van der Waals surface area contributed by atoms with Crippen molar-refractivity contribution < 1.29 is 10.0 Å². The number of nitrogens with one attached hydrogen (secondary N) is 2. The van der Waals surface area contributed by atoms with Gasteiger partial charge in [-0.05, 0) is 44.2 Å². The van der Waals surface area contributed by atoms with Crippen molar-refractivity contribution in [1.82, 2.24) is 0 Å². The van der Waals surface area contributed by atoms with Gasteiger partial charge in [0.15, 0.2) is 0 Å². The number of benzene rings is 1. The highest BCUT2D eigenvalue weighted by atomic mass is 16.6. The molecule has 1 aliphatic carbocycles. The molecule has 1 fully saturated rings. The first-order chi connectivity index (χ1) is 9.61. The molecular formula is C14H21N3O3. The van der Waals surface area contributed by atoms with E-state index in [1.807, 2.05) is 6.92 Å². The van der Waals surface area contributed by atoms with Crippen molar-refractivity contribution in [3.05, 3.63) is 28.3 Å². The Hall–Kier alpha value is -1.82. The largest absolute Gasteiger partial charge is 0.393 e. The van der Waals surface area contributed by atoms with E-state index in [-0.39, 0.29) is 16.7 Å². The average Bonchev–Trinajstić information content (AvgIpc) is 2.82. The van der Waals surface area contributed by atoms with E-state index in [1.54, 1.807) is 18.2 Å². The molecule has 0 radical (unpaired) electrons. The van der Waals surface area contributed by atoms with Crippen LogP contribution in [-0.2, 0) is 0 Å². The van der Waals surface area contributed by atoms with Crippen molar-refractivity contribution in [2.24, 2.45) is 5.92 Å². The van der Waals surface area contributed by atoms with Crippen LogP contribution in [0.25, 0.3) is 0 Å². The van der Waals surface area contributed by atoms with Crippen LogP contribution in [0.2, 0.25) is 0 Å². The summed E-state index contributed by atoms with van der Waals surface area (Å²) in [6.07, 6.45) is 2.35. The number of nitro benzene ring substituents is 1. The summed E-state index contributed by atoms with van der Waals surface area (Å²) < 4.78 is 0. The maximum absolute atomic E-state index is 11.3. The van der Waals surface area contributed by atoms with Gasteiger partial charge in [0.05, 0.1) is 11.0 Å². The third kappa shape index (κ3) is 3.39. The number of anilines is 2. The number of aliphatic hydroxyl groups is 1. The molecule has 0 saturated heterocycles. The van der Waals surface area contributed by atoms with Crippen LogP contribution in [0, 0.1) is 16.0 Å². The fourth-order valence-electron chi connectivity index (χ4n) is 2.70.